The van der Waals surface area contributed by atoms with Gasteiger partial charge in [-0.15, -0.1) is 0 Å². The molecule has 2 heteroatoms. The molecule has 3 atom stereocenters. The first-order valence-corrected chi connectivity index (χ1v) is 9.75. The molecule has 2 rings (SSSR count). The van der Waals surface area contributed by atoms with Crippen molar-refractivity contribution < 1.29 is 5.11 Å². The first kappa shape index (κ1) is 17.3. The van der Waals surface area contributed by atoms with Crippen molar-refractivity contribution in [1.29, 1.82) is 0 Å². The van der Waals surface area contributed by atoms with Crippen LogP contribution in [0.2, 0.25) is 0 Å². The third kappa shape index (κ3) is 5.56. The number of aliphatic hydroxyl groups excluding tert-OH is 1. The summed E-state index contributed by atoms with van der Waals surface area (Å²) in [5.74, 6) is 0.579. The van der Waals surface area contributed by atoms with Crippen LogP contribution >= 0.6 is 0 Å². The Hall–Kier alpha value is -0.0800. The SMILES string of the molecule is CCCCCCCCCN1CCCCC1C1CCCC1O. The number of nitrogens with zero attached hydrogens (tertiary/aromatic N) is 1. The highest BCUT2D eigenvalue weighted by Crippen LogP contribution is 2.35. The molecular formula is C19H37NO. The van der Waals surface area contributed by atoms with Gasteiger partial charge in [0.1, 0.15) is 0 Å². The Bertz CT molecular complexity index is 268. The molecule has 0 radical (unpaired) electrons. The molecule has 21 heavy (non-hydrogen) atoms. The molecule has 0 amide bonds. The molecule has 1 heterocycles. The fraction of sp³-hybridized carbons (Fsp3) is 1.00. The quantitative estimate of drug-likeness (QED) is 0.620. The van der Waals surface area contributed by atoms with Crippen molar-refractivity contribution >= 4 is 0 Å². The Balaban J connectivity index is 1.65. The van der Waals surface area contributed by atoms with Gasteiger partial charge in [-0.25, -0.2) is 0 Å². The summed E-state index contributed by atoms with van der Waals surface area (Å²) in [7, 11) is 0. The first-order chi connectivity index (χ1) is 10.3. The molecule has 1 aliphatic heterocycles. The highest BCUT2D eigenvalue weighted by molar-refractivity contribution is 4.90. The number of hydrogen-bond acceptors (Lipinski definition) is 2. The lowest BCUT2D eigenvalue weighted by atomic mass is 9.87. The zero-order valence-corrected chi connectivity index (χ0v) is 14.2. The molecule has 0 aromatic carbocycles. The van der Waals surface area contributed by atoms with Gasteiger partial charge in [0.15, 0.2) is 0 Å². The zero-order valence-electron chi connectivity index (χ0n) is 14.2. The summed E-state index contributed by atoms with van der Waals surface area (Å²) in [5.41, 5.74) is 0. The molecule has 0 bridgehead atoms. The number of piperidine rings is 1. The number of hydrogen-bond donors (Lipinski definition) is 1. The Morgan fingerprint density at radius 2 is 1.62 bits per heavy atom. The molecule has 3 unspecified atom stereocenters. The van der Waals surface area contributed by atoms with Crippen LogP contribution in [0.3, 0.4) is 0 Å². The Morgan fingerprint density at radius 3 is 2.33 bits per heavy atom. The molecular weight excluding hydrogens is 258 g/mol. The van der Waals surface area contributed by atoms with E-state index in [4.69, 9.17) is 0 Å². The van der Waals surface area contributed by atoms with Crippen LogP contribution in [0, 0.1) is 5.92 Å². The topological polar surface area (TPSA) is 23.5 Å². The van der Waals surface area contributed by atoms with Crippen molar-refractivity contribution in [2.75, 3.05) is 13.1 Å². The Kier molecular flexibility index (Phi) is 8.10. The monoisotopic (exact) mass is 295 g/mol. The van der Waals surface area contributed by atoms with Crippen LogP contribution in [0.5, 0.6) is 0 Å². The van der Waals surface area contributed by atoms with E-state index in [1.54, 1.807) is 0 Å². The molecule has 1 saturated carbocycles. The lowest BCUT2D eigenvalue weighted by Crippen LogP contribution is -2.46. The van der Waals surface area contributed by atoms with E-state index in [0.29, 0.717) is 12.0 Å². The molecule has 124 valence electrons. The van der Waals surface area contributed by atoms with E-state index in [0.717, 1.165) is 6.42 Å². The maximum absolute atomic E-state index is 10.2. The van der Waals surface area contributed by atoms with Crippen LogP contribution in [-0.2, 0) is 0 Å². The van der Waals surface area contributed by atoms with Crippen molar-refractivity contribution in [3.8, 4) is 0 Å². The summed E-state index contributed by atoms with van der Waals surface area (Å²) >= 11 is 0. The minimum absolute atomic E-state index is 0.00959. The number of unbranched alkanes of at least 4 members (excludes halogenated alkanes) is 6. The van der Waals surface area contributed by atoms with Crippen LogP contribution in [0.25, 0.3) is 0 Å². The predicted octanol–water partition coefficient (Wildman–Crippen LogP) is 4.75. The molecule has 0 aromatic heterocycles. The molecule has 1 N–H and O–H groups in total. The summed E-state index contributed by atoms with van der Waals surface area (Å²) in [6, 6.07) is 0.691. The van der Waals surface area contributed by atoms with E-state index in [1.165, 1.54) is 90.1 Å². The van der Waals surface area contributed by atoms with Crippen LogP contribution in [0.1, 0.15) is 90.4 Å². The summed E-state index contributed by atoms with van der Waals surface area (Å²) < 4.78 is 0. The third-order valence-corrected chi connectivity index (χ3v) is 5.74. The van der Waals surface area contributed by atoms with Gasteiger partial charge in [-0.1, -0.05) is 58.3 Å². The molecule has 2 aliphatic rings. The average molecular weight is 296 g/mol. The van der Waals surface area contributed by atoms with Gasteiger partial charge in [0, 0.05) is 12.0 Å². The zero-order chi connectivity index (χ0) is 14.9. The standard InChI is InChI=1S/C19H37NO/c1-2-3-4-5-6-7-9-15-20-16-10-8-13-18(20)17-12-11-14-19(17)21/h17-19,21H,2-16H2,1H3. The number of likely N-dealkylation sites (tertiary alicyclic amines) is 1. The van der Waals surface area contributed by atoms with E-state index < -0.39 is 0 Å². The predicted molar refractivity (Wildman–Crippen MR) is 90.6 cm³/mol. The lowest BCUT2D eigenvalue weighted by molar-refractivity contribution is 0.0347. The van der Waals surface area contributed by atoms with Gasteiger partial charge in [0.25, 0.3) is 0 Å². The van der Waals surface area contributed by atoms with E-state index in [2.05, 4.69) is 11.8 Å². The summed E-state index contributed by atoms with van der Waals surface area (Å²) in [4.78, 5) is 2.73. The van der Waals surface area contributed by atoms with E-state index in [-0.39, 0.29) is 6.10 Å². The minimum Gasteiger partial charge on any atom is -0.393 e. The number of aliphatic hydroxyl groups is 1. The van der Waals surface area contributed by atoms with Crippen LogP contribution in [0.15, 0.2) is 0 Å². The molecule has 2 fully saturated rings. The third-order valence-electron chi connectivity index (χ3n) is 5.74. The summed E-state index contributed by atoms with van der Waals surface area (Å²) in [5, 5.41) is 10.2. The summed E-state index contributed by atoms with van der Waals surface area (Å²) in [6.45, 7) is 4.85. The van der Waals surface area contributed by atoms with Gasteiger partial charge < -0.3 is 10.0 Å². The van der Waals surface area contributed by atoms with E-state index in [9.17, 15) is 5.11 Å². The van der Waals surface area contributed by atoms with E-state index >= 15 is 0 Å². The fourth-order valence-corrected chi connectivity index (χ4v) is 4.47. The fourth-order valence-electron chi connectivity index (χ4n) is 4.47. The van der Waals surface area contributed by atoms with Gasteiger partial charge >= 0.3 is 0 Å². The van der Waals surface area contributed by atoms with Crippen LogP contribution in [-0.4, -0.2) is 35.2 Å². The smallest absolute Gasteiger partial charge is 0.0583 e. The second kappa shape index (κ2) is 9.84. The van der Waals surface area contributed by atoms with Gasteiger partial charge in [-0.2, -0.15) is 0 Å². The van der Waals surface area contributed by atoms with Crippen LogP contribution in [0.4, 0.5) is 0 Å². The van der Waals surface area contributed by atoms with Crippen molar-refractivity contribution in [3.05, 3.63) is 0 Å². The van der Waals surface area contributed by atoms with E-state index in [1.807, 2.05) is 0 Å². The molecule has 2 nitrogen and oxygen atoms in total. The van der Waals surface area contributed by atoms with Gasteiger partial charge in [-0.3, -0.25) is 0 Å². The van der Waals surface area contributed by atoms with Crippen LogP contribution < -0.4 is 0 Å². The van der Waals surface area contributed by atoms with Crippen molar-refractivity contribution in [2.45, 2.75) is 103 Å². The molecule has 1 saturated heterocycles. The Labute approximate surface area is 132 Å². The lowest BCUT2D eigenvalue weighted by Gasteiger charge is -2.40. The second-order valence-electron chi connectivity index (χ2n) is 7.38. The second-order valence-corrected chi connectivity index (χ2v) is 7.38. The first-order valence-electron chi connectivity index (χ1n) is 9.75. The molecule has 0 aromatic rings. The van der Waals surface area contributed by atoms with Gasteiger partial charge in [0.2, 0.25) is 0 Å². The van der Waals surface area contributed by atoms with Crippen molar-refractivity contribution in [3.63, 3.8) is 0 Å². The summed E-state index contributed by atoms with van der Waals surface area (Å²) in [6.07, 6.45) is 17.4. The average Bonchev–Trinajstić information content (AvgIpc) is 2.93. The van der Waals surface area contributed by atoms with Gasteiger partial charge in [0.05, 0.1) is 6.10 Å². The normalized spacial score (nSPS) is 30.9. The van der Waals surface area contributed by atoms with Gasteiger partial charge in [-0.05, 0) is 45.2 Å². The highest BCUT2D eigenvalue weighted by atomic mass is 16.3. The maximum atomic E-state index is 10.2. The molecule has 0 spiro atoms. The highest BCUT2D eigenvalue weighted by Gasteiger charge is 2.36. The minimum atomic E-state index is -0.00959. The largest absolute Gasteiger partial charge is 0.393 e. The number of rotatable bonds is 9. The molecule has 1 aliphatic carbocycles. The maximum Gasteiger partial charge on any atom is 0.0583 e. The van der Waals surface area contributed by atoms with Crippen molar-refractivity contribution in [2.24, 2.45) is 5.92 Å². The Morgan fingerprint density at radius 1 is 0.857 bits per heavy atom. The van der Waals surface area contributed by atoms with Crippen molar-refractivity contribution in [1.82, 2.24) is 4.90 Å².